The van der Waals surface area contributed by atoms with Gasteiger partial charge in [-0.05, 0) is 32.1 Å². The number of hydrogen-bond donors (Lipinski definition) is 2. The minimum Gasteiger partial charge on any atom is -0.385 e. The summed E-state index contributed by atoms with van der Waals surface area (Å²) in [5.74, 6) is 0.00712. The number of amides is 1. The van der Waals surface area contributed by atoms with Crippen LogP contribution in [-0.4, -0.2) is 44.9 Å². The molecule has 0 aromatic carbocycles. The highest BCUT2D eigenvalue weighted by Crippen LogP contribution is 2.18. The van der Waals surface area contributed by atoms with Gasteiger partial charge in [0, 0.05) is 26.8 Å². The second-order valence-corrected chi connectivity index (χ2v) is 4.40. The van der Waals surface area contributed by atoms with Gasteiger partial charge in [0.15, 0.2) is 0 Å². The highest BCUT2D eigenvalue weighted by molar-refractivity contribution is 5.80. The Morgan fingerprint density at radius 3 is 2.88 bits per heavy atom. The van der Waals surface area contributed by atoms with E-state index in [1.807, 2.05) is 0 Å². The van der Waals surface area contributed by atoms with Gasteiger partial charge in [-0.1, -0.05) is 0 Å². The third-order valence-corrected chi connectivity index (χ3v) is 2.99. The fraction of sp³-hybridized carbons (Fsp3) is 0.917. The van der Waals surface area contributed by atoms with Crippen LogP contribution in [0.2, 0.25) is 0 Å². The number of nitrogens with one attached hydrogen (secondary N) is 1. The maximum Gasteiger partial charge on any atom is 0.249 e. The van der Waals surface area contributed by atoms with Crippen LogP contribution < -0.4 is 11.1 Å². The van der Waals surface area contributed by atoms with Crippen molar-refractivity contribution in [3.05, 3.63) is 0 Å². The van der Waals surface area contributed by atoms with Crippen molar-refractivity contribution in [3.8, 4) is 0 Å². The molecule has 5 heteroatoms. The van der Waals surface area contributed by atoms with Crippen LogP contribution in [0.3, 0.4) is 0 Å². The molecule has 1 amide bonds. The summed E-state index contributed by atoms with van der Waals surface area (Å²) in [6, 6.07) is 0. The fourth-order valence-corrected chi connectivity index (χ4v) is 1.95. The van der Waals surface area contributed by atoms with E-state index in [0.717, 1.165) is 45.3 Å². The maximum atomic E-state index is 11.7. The molecule has 0 aromatic rings. The lowest BCUT2D eigenvalue weighted by Gasteiger charge is -2.12. The average molecular weight is 244 g/mol. The molecule has 0 spiro atoms. The number of rotatable bonds is 8. The molecule has 1 aliphatic heterocycles. The second kappa shape index (κ2) is 8.44. The summed E-state index contributed by atoms with van der Waals surface area (Å²) in [4.78, 5) is 11.7. The van der Waals surface area contributed by atoms with Crippen LogP contribution in [0.5, 0.6) is 0 Å². The van der Waals surface area contributed by atoms with E-state index in [0.29, 0.717) is 6.54 Å². The largest absolute Gasteiger partial charge is 0.385 e. The van der Waals surface area contributed by atoms with Crippen molar-refractivity contribution in [3.63, 3.8) is 0 Å². The van der Waals surface area contributed by atoms with E-state index < -0.39 is 0 Å². The fourth-order valence-electron chi connectivity index (χ4n) is 1.95. The molecule has 0 aliphatic carbocycles. The highest BCUT2D eigenvalue weighted by atomic mass is 16.5. The van der Waals surface area contributed by atoms with Gasteiger partial charge in [0.1, 0.15) is 6.10 Å². The van der Waals surface area contributed by atoms with Crippen LogP contribution in [0.1, 0.15) is 32.1 Å². The summed E-state index contributed by atoms with van der Waals surface area (Å²) in [6.45, 7) is 2.01. The molecule has 1 rings (SSSR count). The first-order valence-corrected chi connectivity index (χ1v) is 6.40. The van der Waals surface area contributed by atoms with Gasteiger partial charge in [-0.2, -0.15) is 0 Å². The van der Waals surface area contributed by atoms with Crippen LogP contribution in [0.25, 0.3) is 0 Å². The Balaban J connectivity index is 2.01. The van der Waals surface area contributed by atoms with E-state index in [1.165, 1.54) is 0 Å². The monoisotopic (exact) mass is 244 g/mol. The molecular weight excluding hydrogens is 220 g/mol. The molecule has 1 saturated heterocycles. The Kier molecular flexibility index (Phi) is 7.16. The van der Waals surface area contributed by atoms with Gasteiger partial charge in [-0.15, -0.1) is 0 Å². The van der Waals surface area contributed by atoms with E-state index >= 15 is 0 Å². The number of carbonyl (C=O) groups excluding carboxylic acids is 1. The molecule has 2 unspecified atom stereocenters. The van der Waals surface area contributed by atoms with Crippen LogP contribution in [0, 0.1) is 0 Å². The molecule has 1 fully saturated rings. The summed E-state index contributed by atoms with van der Waals surface area (Å²) in [6.07, 6.45) is 4.56. The molecular formula is C12H24N2O3. The number of ether oxygens (including phenoxy) is 2. The van der Waals surface area contributed by atoms with Crippen molar-refractivity contribution in [1.82, 2.24) is 5.32 Å². The minimum absolute atomic E-state index is 0.00712. The van der Waals surface area contributed by atoms with Crippen LogP contribution >= 0.6 is 0 Å². The summed E-state index contributed by atoms with van der Waals surface area (Å²) in [7, 11) is 1.70. The number of carbonyl (C=O) groups is 1. The van der Waals surface area contributed by atoms with E-state index in [4.69, 9.17) is 15.2 Å². The Bertz CT molecular complexity index is 224. The summed E-state index contributed by atoms with van der Waals surface area (Å²) in [5, 5.41) is 2.90. The van der Waals surface area contributed by atoms with Crippen molar-refractivity contribution < 1.29 is 14.3 Å². The molecule has 100 valence electrons. The minimum atomic E-state index is -0.289. The first kappa shape index (κ1) is 14.4. The van der Waals surface area contributed by atoms with Gasteiger partial charge in [-0.3, -0.25) is 4.79 Å². The van der Waals surface area contributed by atoms with E-state index in [2.05, 4.69) is 5.32 Å². The van der Waals surface area contributed by atoms with Gasteiger partial charge in [-0.25, -0.2) is 0 Å². The molecule has 0 saturated carbocycles. The van der Waals surface area contributed by atoms with Gasteiger partial charge >= 0.3 is 0 Å². The van der Waals surface area contributed by atoms with Crippen molar-refractivity contribution in [1.29, 1.82) is 0 Å². The zero-order valence-corrected chi connectivity index (χ0v) is 10.6. The highest BCUT2D eigenvalue weighted by Gasteiger charge is 2.29. The van der Waals surface area contributed by atoms with Crippen LogP contribution in [0.4, 0.5) is 0 Å². The SMILES string of the molecule is COCCCCCNC(=O)C1CCC(CN)O1. The first-order valence-electron chi connectivity index (χ1n) is 6.40. The van der Waals surface area contributed by atoms with Gasteiger partial charge in [0.05, 0.1) is 6.10 Å². The molecule has 0 bridgehead atoms. The lowest BCUT2D eigenvalue weighted by Crippen LogP contribution is -2.36. The number of unbranched alkanes of at least 4 members (excludes halogenated alkanes) is 2. The number of hydrogen-bond acceptors (Lipinski definition) is 4. The summed E-state index contributed by atoms with van der Waals surface area (Å²) in [5.41, 5.74) is 5.50. The van der Waals surface area contributed by atoms with E-state index in [9.17, 15) is 4.79 Å². The predicted octanol–water partition coefficient (Wildman–Crippen LogP) is 0.426. The van der Waals surface area contributed by atoms with Crippen molar-refractivity contribution in [2.75, 3.05) is 26.8 Å². The normalized spacial score (nSPS) is 23.9. The van der Waals surface area contributed by atoms with Crippen LogP contribution in [-0.2, 0) is 14.3 Å². The molecule has 2 atom stereocenters. The molecule has 5 nitrogen and oxygen atoms in total. The first-order chi connectivity index (χ1) is 8.27. The van der Waals surface area contributed by atoms with Gasteiger partial charge < -0.3 is 20.5 Å². The average Bonchev–Trinajstić information content (AvgIpc) is 2.82. The zero-order chi connectivity index (χ0) is 12.5. The number of nitrogens with two attached hydrogens (primary N) is 1. The predicted molar refractivity (Wildman–Crippen MR) is 65.7 cm³/mol. The topological polar surface area (TPSA) is 73.6 Å². The summed E-state index contributed by atoms with van der Waals surface area (Å²) >= 11 is 0. The Morgan fingerprint density at radius 2 is 2.24 bits per heavy atom. The third kappa shape index (κ3) is 5.48. The maximum absolute atomic E-state index is 11.7. The van der Waals surface area contributed by atoms with Crippen LogP contribution in [0.15, 0.2) is 0 Å². The van der Waals surface area contributed by atoms with Gasteiger partial charge in [0.25, 0.3) is 0 Å². The molecule has 0 radical (unpaired) electrons. The summed E-state index contributed by atoms with van der Waals surface area (Å²) < 4.78 is 10.5. The van der Waals surface area contributed by atoms with E-state index in [-0.39, 0.29) is 18.1 Å². The third-order valence-electron chi connectivity index (χ3n) is 2.99. The molecule has 0 aromatic heterocycles. The zero-order valence-electron chi connectivity index (χ0n) is 10.6. The van der Waals surface area contributed by atoms with Crippen molar-refractivity contribution in [2.24, 2.45) is 5.73 Å². The smallest absolute Gasteiger partial charge is 0.249 e. The molecule has 1 aliphatic rings. The second-order valence-electron chi connectivity index (χ2n) is 4.40. The quantitative estimate of drug-likeness (QED) is 0.607. The molecule has 3 N–H and O–H groups in total. The van der Waals surface area contributed by atoms with Gasteiger partial charge in [0.2, 0.25) is 5.91 Å². The lowest BCUT2D eigenvalue weighted by atomic mass is 10.2. The van der Waals surface area contributed by atoms with Crippen molar-refractivity contribution in [2.45, 2.75) is 44.3 Å². The Hall–Kier alpha value is -0.650. The standard InChI is InChI=1S/C12H24N2O3/c1-16-8-4-2-3-7-14-12(15)11-6-5-10(9-13)17-11/h10-11H,2-9,13H2,1H3,(H,14,15). The number of methoxy groups -OCH3 is 1. The Morgan fingerprint density at radius 1 is 1.41 bits per heavy atom. The van der Waals surface area contributed by atoms with Crippen molar-refractivity contribution >= 4 is 5.91 Å². The Labute approximate surface area is 103 Å². The molecule has 1 heterocycles. The van der Waals surface area contributed by atoms with E-state index in [1.54, 1.807) is 7.11 Å². The lowest BCUT2D eigenvalue weighted by molar-refractivity contribution is -0.131. The molecule has 17 heavy (non-hydrogen) atoms.